The van der Waals surface area contributed by atoms with E-state index in [2.05, 4.69) is 15.0 Å². The molecule has 0 saturated heterocycles. The number of hydrogen-bond acceptors (Lipinski definition) is 3. The van der Waals surface area contributed by atoms with Crippen molar-refractivity contribution in [3.63, 3.8) is 0 Å². The molecule has 98 valence electrons. The Bertz CT molecular complexity index is 733. The van der Waals surface area contributed by atoms with Crippen molar-refractivity contribution in [3.05, 3.63) is 36.5 Å². The molecule has 0 amide bonds. The van der Waals surface area contributed by atoms with E-state index in [1.165, 1.54) is 0 Å². The van der Waals surface area contributed by atoms with Crippen molar-refractivity contribution >= 4 is 11.0 Å². The fraction of sp³-hybridized carbons (Fsp3) is 0.286. The Balaban J connectivity index is 2.06. The van der Waals surface area contributed by atoms with E-state index in [1.54, 1.807) is 26.4 Å². The maximum Gasteiger partial charge on any atom is 0.138 e. The first-order chi connectivity index (χ1) is 8.95. The zero-order chi connectivity index (χ0) is 13.6. The van der Waals surface area contributed by atoms with Crippen molar-refractivity contribution < 1.29 is 5.11 Å². The Morgan fingerprint density at radius 1 is 1.26 bits per heavy atom. The molecule has 0 radical (unpaired) electrons. The average molecular weight is 256 g/mol. The topological polar surface area (TPSA) is 66.7 Å². The van der Waals surface area contributed by atoms with Crippen LogP contribution in [0, 0.1) is 0 Å². The molecule has 3 rings (SSSR count). The molecule has 0 atom stereocenters. The lowest BCUT2D eigenvalue weighted by Crippen LogP contribution is -2.17. The second-order valence-electron chi connectivity index (χ2n) is 5.26. The van der Waals surface area contributed by atoms with Gasteiger partial charge in [-0.15, -0.1) is 0 Å². The van der Waals surface area contributed by atoms with Crippen molar-refractivity contribution in [1.82, 2.24) is 19.5 Å². The van der Waals surface area contributed by atoms with Crippen LogP contribution < -0.4 is 0 Å². The molecule has 2 N–H and O–H groups in total. The highest BCUT2D eigenvalue weighted by atomic mass is 16.3. The molecule has 0 unspecified atom stereocenters. The van der Waals surface area contributed by atoms with Gasteiger partial charge in [0.05, 0.1) is 29.3 Å². The molecular weight excluding hydrogens is 240 g/mol. The van der Waals surface area contributed by atoms with E-state index in [0.29, 0.717) is 5.82 Å². The number of aromatic amines is 1. The van der Waals surface area contributed by atoms with Gasteiger partial charge in [0, 0.05) is 12.6 Å². The molecule has 19 heavy (non-hydrogen) atoms. The summed E-state index contributed by atoms with van der Waals surface area (Å²) in [6.45, 7) is 3.41. The van der Waals surface area contributed by atoms with Gasteiger partial charge in [0.1, 0.15) is 11.4 Å². The Labute approximate surface area is 110 Å². The standard InChI is InChI=1S/C14H16N4O/c1-14(2,19)13-15-7-11(17-13)9-4-5-12-10(6-9)16-8-18(12)3/h4-8,19H,1-3H3,(H,15,17). The number of hydrogen-bond donors (Lipinski definition) is 2. The predicted octanol–water partition coefficient (Wildman–Crippen LogP) is 2.19. The van der Waals surface area contributed by atoms with Crippen LogP contribution in [0.5, 0.6) is 0 Å². The molecule has 0 fully saturated rings. The van der Waals surface area contributed by atoms with Crippen LogP contribution in [0.1, 0.15) is 19.7 Å². The summed E-state index contributed by atoms with van der Waals surface area (Å²) in [7, 11) is 1.97. The molecule has 0 aliphatic carbocycles. The molecule has 0 aliphatic rings. The minimum absolute atomic E-state index is 0.559. The molecule has 5 heteroatoms. The molecule has 3 aromatic rings. The summed E-state index contributed by atoms with van der Waals surface area (Å²) in [5.74, 6) is 0.559. The smallest absolute Gasteiger partial charge is 0.138 e. The quantitative estimate of drug-likeness (QED) is 0.738. The van der Waals surface area contributed by atoms with Gasteiger partial charge in [0.15, 0.2) is 0 Å². The fourth-order valence-electron chi connectivity index (χ4n) is 2.08. The lowest BCUT2D eigenvalue weighted by molar-refractivity contribution is 0.0697. The van der Waals surface area contributed by atoms with E-state index in [0.717, 1.165) is 22.3 Å². The Hall–Kier alpha value is -2.14. The SMILES string of the molecule is Cn1cnc2cc(-c3cnc(C(C)(C)O)[nH]3)ccc21. The molecule has 0 saturated carbocycles. The van der Waals surface area contributed by atoms with E-state index >= 15 is 0 Å². The monoisotopic (exact) mass is 256 g/mol. The number of fused-ring (bicyclic) bond motifs is 1. The van der Waals surface area contributed by atoms with Gasteiger partial charge < -0.3 is 14.7 Å². The molecule has 2 heterocycles. The Kier molecular flexibility index (Phi) is 2.46. The zero-order valence-corrected chi connectivity index (χ0v) is 11.2. The zero-order valence-electron chi connectivity index (χ0n) is 11.2. The third-order valence-electron chi connectivity index (χ3n) is 3.19. The van der Waals surface area contributed by atoms with Crippen LogP contribution in [-0.4, -0.2) is 24.6 Å². The van der Waals surface area contributed by atoms with Crippen LogP contribution in [0.15, 0.2) is 30.7 Å². The second-order valence-corrected chi connectivity index (χ2v) is 5.26. The van der Waals surface area contributed by atoms with E-state index in [4.69, 9.17) is 0 Å². The van der Waals surface area contributed by atoms with Crippen LogP contribution in [0.4, 0.5) is 0 Å². The number of imidazole rings is 2. The van der Waals surface area contributed by atoms with Gasteiger partial charge in [-0.1, -0.05) is 6.07 Å². The summed E-state index contributed by atoms with van der Waals surface area (Å²) in [5.41, 5.74) is 2.96. The predicted molar refractivity (Wildman–Crippen MR) is 73.5 cm³/mol. The number of aliphatic hydroxyl groups is 1. The third kappa shape index (κ3) is 2.02. The maximum absolute atomic E-state index is 9.91. The number of nitrogens with zero attached hydrogens (tertiary/aromatic N) is 3. The number of benzene rings is 1. The molecule has 1 aromatic carbocycles. The molecule has 0 bridgehead atoms. The van der Waals surface area contributed by atoms with Crippen LogP contribution in [0.2, 0.25) is 0 Å². The van der Waals surface area contributed by atoms with Crippen molar-refractivity contribution in [3.8, 4) is 11.3 Å². The minimum Gasteiger partial charge on any atom is -0.383 e. The van der Waals surface area contributed by atoms with Crippen LogP contribution in [-0.2, 0) is 12.6 Å². The lowest BCUT2D eigenvalue weighted by Gasteiger charge is -2.12. The lowest BCUT2D eigenvalue weighted by atomic mass is 10.1. The summed E-state index contributed by atoms with van der Waals surface area (Å²) < 4.78 is 1.98. The molecular formula is C14H16N4O. The first kappa shape index (κ1) is 11.9. The highest BCUT2D eigenvalue weighted by Crippen LogP contribution is 2.24. The summed E-state index contributed by atoms with van der Waals surface area (Å²) in [6.07, 6.45) is 3.53. The largest absolute Gasteiger partial charge is 0.383 e. The van der Waals surface area contributed by atoms with Crippen molar-refractivity contribution in [2.24, 2.45) is 7.05 Å². The highest BCUT2D eigenvalue weighted by Gasteiger charge is 2.20. The van der Waals surface area contributed by atoms with E-state index in [1.807, 2.05) is 29.8 Å². The molecule has 2 aromatic heterocycles. The van der Waals surface area contributed by atoms with E-state index in [9.17, 15) is 5.11 Å². The van der Waals surface area contributed by atoms with Crippen LogP contribution >= 0.6 is 0 Å². The van der Waals surface area contributed by atoms with Gasteiger partial charge in [-0.2, -0.15) is 0 Å². The van der Waals surface area contributed by atoms with Gasteiger partial charge in [-0.05, 0) is 26.0 Å². The van der Waals surface area contributed by atoms with E-state index in [-0.39, 0.29) is 0 Å². The first-order valence-corrected chi connectivity index (χ1v) is 6.14. The Morgan fingerprint density at radius 3 is 2.74 bits per heavy atom. The van der Waals surface area contributed by atoms with Gasteiger partial charge in [-0.3, -0.25) is 0 Å². The third-order valence-corrected chi connectivity index (χ3v) is 3.19. The van der Waals surface area contributed by atoms with E-state index < -0.39 is 5.60 Å². The second kappa shape index (κ2) is 3.93. The molecule has 0 spiro atoms. The molecule has 5 nitrogen and oxygen atoms in total. The van der Waals surface area contributed by atoms with Gasteiger partial charge >= 0.3 is 0 Å². The van der Waals surface area contributed by atoms with Gasteiger partial charge in [-0.25, -0.2) is 9.97 Å². The maximum atomic E-state index is 9.91. The summed E-state index contributed by atoms with van der Waals surface area (Å²) in [4.78, 5) is 11.7. The van der Waals surface area contributed by atoms with Crippen molar-refractivity contribution in [2.75, 3.05) is 0 Å². The number of rotatable bonds is 2. The molecule has 0 aliphatic heterocycles. The van der Waals surface area contributed by atoms with Crippen LogP contribution in [0.25, 0.3) is 22.3 Å². The number of aromatic nitrogens is 4. The Morgan fingerprint density at radius 2 is 2.05 bits per heavy atom. The van der Waals surface area contributed by atoms with Gasteiger partial charge in [0.25, 0.3) is 0 Å². The van der Waals surface area contributed by atoms with Gasteiger partial charge in [0.2, 0.25) is 0 Å². The number of nitrogens with one attached hydrogen (secondary N) is 1. The number of aryl methyl sites for hydroxylation is 1. The first-order valence-electron chi connectivity index (χ1n) is 6.14. The summed E-state index contributed by atoms with van der Waals surface area (Å²) in [6, 6.07) is 6.06. The van der Waals surface area contributed by atoms with Crippen molar-refractivity contribution in [2.45, 2.75) is 19.4 Å². The number of H-pyrrole nitrogens is 1. The van der Waals surface area contributed by atoms with Crippen LogP contribution in [0.3, 0.4) is 0 Å². The normalized spacial score (nSPS) is 12.2. The fourth-order valence-corrected chi connectivity index (χ4v) is 2.08. The highest BCUT2D eigenvalue weighted by molar-refractivity contribution is 5.81. The summed E-state index contributed by atoms with van der Waals surface area (Å²) >= 11 is 0. The minimum atomic E-state index is -0.965. The van der Waals surface area contributed by atoms with Crippen molar-refractivity contribution in [1.29, 1.82) is 0 Å². The summed E-state index contributed by atoms with van der Waals surface area (Å²) in [5, 5.41) is 9.91. The average Bonchev–Trinajstić information content (AvgIpc) is 2.95.